The molecule has 2 aromatic heterocycles. The molecule has 0 amide bonds. The Morgan fingerprint density at radius 1 is 1.14 bits per heavy atom. The van der Waals surface area contributed by atoms with Crippen LogP contribution in [-0.4, -0.2) is 59.6 Å². The number of nitrogens with one attached hydrogen (secondary N) is 1. The second-order valence-electron chi connectivity index (χ2n) is 10.7. The number of hydrogen-bond donors (Lipinski definition) is 2. The number of benzene rings is 1. The quantitative estimate of drug-likeness (QED) is 0.223. The molecular weight excluding hydrogens is 644 g/mol. The van der Waals surface area contributed by atoms with E-state index in [4.69, 9.17) is 32.4 Å². The van der Waals surface area contributed by atoms with Crippen LogP contribution >= 0.6 is 34.5 Å². The van der Waals surface area contributed by atoms with Crippen LogP contribution in [0.4, 0.5) is 13.2 Å². The smallest absolute Gasteiger partial charge is 0.404 e. The summed E-state index contributed by atoms with van der Waals surface area (Å²) in [5.74, 6) is -0.943. The first kappa shape index (κ1) is 34.2. The summed E-state index contributed by atoms with van der Waals surface area (Å²) in [6, 6.07) is 0.0783. The average molecular weight is 674 g/mol. The molecule has 10 nitrogen and oxygen atoms in total. The van der Waals surface area contributed by atoms with Gasteiger partial charge in [0.1, 0.15) is 10.9 Å². The van der Waals surface area contributed by atoms with Gasteiger partial charge in [0.15, 0.2) is 5.01 Å². The maximum absolute atomic E-state index is 13.3. The number of sulfonamides is 1. The number of aliphatic carboxylic acids is 1. The number of halogens is 5. The molecule has 0 aliphatic carbocycles. The van der Waals surface area contributed by atoms with Crippen LogP contribution in [0.15, 0.2) is 21.4 Å². The fourth-order valence-electron chi connectivity index (χ4n) is 3.66. The molecule has 0 bridgehead atoms. The van der Waals surface area contributed by atoms with Crippen molar-refractivity contribution < 1.29 is 40.6 Å². The Morgan fingerprint density at radius 3 is 2.33 bits per heavy atom. The van der Waals surface area contributed by atoms with Gasteiger partial charge in [0.05, 0.1) is 31.6 Å². The molecule has 3 rings (SSSR count). The first-order chi connectivity index (χ1) is 19.2. The van der Waals surface area contributed by atoms with E-state index < -0.39 is 55.6 Å². The molecule has 0 saturated carbocycles. The number of methoxy groups -OCH3 is 1. The topological polar surface area (TPSA) is 145 Å². The highest BCUT2D eigenvalue weighted by atomic mass is 35.5. The molecule has 42 heavy (non-hydrogen) atoms. The maximum Gasteiger partial charge on any atom is 0.404 e. The molecule has 2 N–H and O–H groups in total. The van der Waals surface area contributed by atoms with Gasteiger partial charge in [0.2, 0.25) is 15.9 Å². The molecule has 1 atom stereocenters. The summed E-state index contributed by atoms with van der Waals surface area (Å²) in [6.07, 6.45) is -5.12. The van der Waals surface area contributed by atoms with Crippen LogP contribution in [0.3, 0.4) is 0 Å². The number of thiazole rings is 1. The fourth-order valence-corrected chi connectivity index (χ4v) is 6.92. The maximum atomic E-state index is 13.3. The lowest BCUT2D eigenvalue weighted by atomic mass is 9.90. The SMILES string of the molecule is CCC(NS(=O)(=O)c1ccc(-c2sc(-c3nnc(CC(C)(C)C(=O)O)o3)nc2CC(C)(C)OC)c(Cl)c1Cl)C(F)(F)F. The summed E-state index contributed by atoms with van der Waals surface area (Å²) in [5.41, 5.74) is -1.14. The van der Waals surface area contributed by atoms with Gasteiger partial charge in [0.25, 0.3) is 5.89 Å². The molecule has 0 saturated heterocycles. The zero-order valence-corrected chi connectivity index (χ0v) is 26.5. The van der Waals surface area contributed by atoms with Gasteiger partial charge < -0.3 is 14.3 Å². The molecule has 1 aromatic carbocycles. The fraction of sp³-hybridized carbons (Fsp3) is 0.520. The largest absolute Gasteiger partial charge is 0.481 e. The third-order valence-electron chi connectivity index (χ3n) is 6.35. The molecule has 0 fully saturated rings. The van der Waals surface area contributed by atoms with Gasteiger partial charge in [-0.2, -0.15) is 17.9 Å². The van der Waals surface area contributed by atoms with E-state index in [0.29, 0.717) is 10.6 Å². The molecule has 0 radical (unpaired) electrons. The van der Waals surface area contributed by atoms with Gasteiger partial charge in [-0.15, -0.1) is 21.5 Å². The first-order valence-corrected chi connectivity index (χ1v) is 15.5. The summed E-state index contributed by atoms with van der Waals surface area (Å²) in [4.78, 5) is 16.0. The van der Waals surface area contributed by atoms with E-state index in [1.54, 1.807) is 4.72 Å². The first-order valence-electron chi connectivity index (χ1n) is 12.4. The number of alkyl halides is 3. The number of hydrogen-bond acceptors (Lipinski definition) is 9. The van der Waals surface area contributed by atoms with Gasteiger partial charge in [-0.1, -0.05) is 36.2 Å². The van der Waals surface area contributed by atoms with Crippen molar-refractivity contribution in [3.63, 3.8) is 0 Å². The van der Waals surface area contributed by atoms with Crippen molar-refractivity contribution in [2.75, 3.05) is 7.11 Å². The van der Waals surface area contributed by atoms with Crippen LogP contribution in [0, 0.1) is 5.41 Å². The van der Waals surface area contributed by atoms with Crippen LogP contribution in [0.1, 0.15) is 52.6 Å². The van der Waals surface area contributed by atoms with Crippen molar-refractivity contribution in [3.05, 3.63) is 33.8 Å². The Labute approximate surface area is 254 Å². The van der Waals surface area contributed by atoms with Crippen LogP contribution in [0.5, 0.6) is 0 Å². The zero-order chi connectivity index (χ0) is 31.8. The lowest BCUT2D eigenvalue weighted by Gasteiger charge is -2.22. The van der Waals surface area contributed by atoms with Gasteiger partial charge in [0, 0.05) is 25.5 Å². The van der Waals surface area contributed by atoms with E-state index in [1.165, 1.54) is 33.9 Å². The lowest BCUT2D eigenvalue weighted by molar-refractivity contribution is -0.151. The minimum absolute atomic E-state index is 0.0160. The number of aromatic nitrogens is 3. The van der Waals surface area contributed by atoms with Crippen LogP contribution in [0.25, 0.3) is 21.3 Å². The number of carboxylic acids is 1. The predicted octanol–water partition coefficient (Wildman–Crippen LogP) is 6.41. The van der Waals surface area contributed by atoms with Crippen LogP contribution in [-0.2, 0) is 32.4 Å². The third kappa shape index (κ3) is 7.61. The number of carbonyl (C=O) groups is 1. The van der Waals surface area contributed by atoms with Crippen molar-refractivity contribution in [1.82, 2.24) is 19.9 Å². The summed E-state index contributed by atoms with van der Waals surface area (Å²) in [7, 11) is -3.18. The van der Waals surface area contributed by atoms with Crippen LogP contribution in [0.2, 0.25) is 10.0 Å². The molecule has 1 unspecified atom stereocenters. The van der Waals surface area contributed by atoms with E-state index in [2.05, 4.69) is 15.2 Å². The van der Waals surface area contributed by atoms with Crippen molar-refractivity contribution in [3.8, 4) is 21.3 Å². The standard InChI is InChI=1S/C25H29Cl2F3N4O6S2/c1-7-15(25(28,29)30)34-42(37,38)14-9-8-12(17(26)18(14)27)19-13(10-24(4,5)39-6)31-21(41-19)20-33-32-16(40-20)11-23(2,3)22(35)36/h8-9,15,34H,7,10-11H2,1-6H3,(H,35,36). The highest BCUT2D eigenvalue weighted by Gasteiger charge is 2.41. The van der Waals surface area contributed by atoms with E-state index in [9.17, 15) is 31.5 Å². The molecule has 0 aliphatic rings. The highest BCUT2D eigenvalue weighted by molar-refractivity contribution is 7.89. The Bertz CT molecular complexity index is 1570. The zero-order valence-electron chi connectivity index (χ0n) is 23.4. The molecule has 0 aliphatic heterocycles. The van der Waals surface area contributed by atoms with Crippen molar-refractivity contribution in [2.24, 2.45) is 5.41 Å². The van der Waals surface area contributed by atoms with Gasteiger partial charge in [-0.3, -0.25) is 4.79 Å². The minimum Gasteiger partial charge on any atom is -0.481 e. The second kappa shape index (κ2) is 12.4. The summed E-state index contributed by atoms with van der Waals surface area (Å²) in [5, 5.41) is 16.9. The highest BCUT2D eigenvalue weighted by Crippen LogP contribution is 2.44. The number of ether oxygens (including phenoxy) is 1. The van der Waals surface area contributed by atoms with E-state index >= 15 is 0 Å². The molecule has 2 heterocycles. The summed E-state index contributed by atoms with van der Waals surface area (Å²) in [6.45, 7) is 7.86. The van der Waals surface area contributed by atoms with E-state index in [0.717, 1.165) is 17.4 Å². The number of nitrogens with zero attached hydrogens (tertiary/aromatic N) is 3. The van der Waals surface area contributed by atoms with Crippen molar-refractivity contribution in [1.29, 1.82) is 0 Å². The van der Waals surface area contributed by atoms with Gasteiger partial charge in [-0.05, 0) is 40.2 Å². The minimum atomic E-state index is -4.81. The van der Waals surface area contributed by atoms with Gasteiger partial charge >= 0.3 is 12.1 Å². The monoisotopic (exact) mass is 672 g/mol. The van der Waals surface area contributed by atoms with E-state index in [-0.39, 0.29) is 40.2 Å². The Hall–Kier alpha value is -2.30. The molecule has 0 spiro atoms. The van der Waals surface area contributed by atoms with E-state index in [1.807, 2.05) is 13.8 Å². The number of rotatable bonds is 12. The summed E-state index contributed by atoms with van der Waals surface area (Å²) < 4.78 is 78.4. The van der Waals surface area contributed by atoms with Gasteiger partial charge in [-0.25, -0.2) is 13.4 Å². The number of carboxylic acid groups (broad SMARTS) is 1. The average Bonchev–Trinajstić information content (AvgIpc) is 3.49. The lowest BCUT2D eigenvalue weighted by Crippen LogP contribution is -2.44. The molecule has 17 heteroatoms. The van der Waals surface area contributed by atoms with Crippen molar-refractivity contribution >= 4 is 50.5 Å². The van der Waals surface area contributed by atoms with Crippen molar-refractivity contribution in [2.45, 2.75) is 76.6 Å². The predicted molar refractivity (Wildman–Crippen MR) is 151 cm³/mol. The molecular formula is C25H29Cl2F3N4O6S2. The third-order valence-corrected chi connectivity index (χ3v) is 9.97. The Balaban J connectivity index is 2.09. The molecule has 3 aromatic rings. The normalized spacial score (nSPS) is 13.9. The van der Waals surface area contributed by atoms with Crippen LogP contribution < -0.4 is 4.72 Å². The second-order valence-corrected chi connectivity index (χ2v) is 14.1. The Kier molecular flexibility index (Phi) is 10.1. The Morgan fingerprint density at radius 2 is 1.79 bits per heavy atom. The molecule has 232 valence electrons. The summed E-state index contributed by atoms with van der Waals surface area (Å²) >= 11 is 13.9.